The average molecular weight is 422 g/mol. The number of amides is 1. The van der Waals surface area contributed by atoms with E-state index in [0.717, 1.165) is 34.2 Å². The van der Waals surface area contributed by atoms with Crippen LogP contribution in [0.3, 0.4) is 0 Å². The SMILES string of the molecule is Cc1ccc(Nc2nc(-c3ccc(NC(=O)CC(C)CC(C)(C)C)cc3)cs2)cc1. The first-order chi connectivity index (χ1) is 14.2. The topological polar surface area (TPSA) is 54.0 Å². The van der Waals surface area contributed by atoms with E-state index in [1.165, 1.54) is 5.56 Å². The van der Waals surface area contributed by atoms with E-state index in [0.29, 0.717) is 12.3 Å². The molecule has 4 nitrogen and oxygen atoms in total. The van der Waals surface area contributed by atoms with Gasteiger partial charge in [-0.1, -0.05) is 57.5 Å². The maximum absolute atomic E-state index is 12.3. The molecule has 2 N–H and O–H groups in total. The number of hydrogen-bond donors (Lipinski definition) is 2. The van der Waals surface area contributed by atoms with Crippen LogP contribution in [0.2, 0.25) is 0 Å². The molecule has 5 heteroatoms. The monoisotopic (exact) mass is 421 g/mol. The minimum atomic E-state index is 0.0674. The van der Waals surface area contributed by atoms with Crippen molar-refractivity contribution in [1.82, 2.24) is 4.98 Å². The van der Waals surface area contributed by atoms with E-state index in [4.69, 9.17) is 0 Å². The van der Waals surface area contributed by atoms with Crippen LogP contribution in [0.1, 0.15) is 46.1 Å². The Morgan fingerprint density at radius 2 is 1.67 bits per heavy atom. The molecule has 0 aliphatic heterocycles. The Labute approximate surface area is 183 Å². The molecule has 3 aromatic rings. The van der Waals surface area contributed by atoms with Crippen molar-refractivity contribution < 1.29 is 4.79 Å². The molecule has 1 unspecified atom stereocenters. The summed E-state index contributed by atoms with van der Waals surface area (Å²) in [6.45, 7) is 10.8. The van der Waals surface area contributed by atoms with Gasteiger partial charge in [0.2, 0.25) is 5.91 Å². The second-order valence-electron chi connectivity index (χ2n) is 9.23. The van der Waals surface area contributed by atoms with E-state index in [2.05, 4.69) is 74.5 Å². The Balaban J connectivity index is 1.57. The molecule has 1 atom stereocenters. The third-order valence-corrected chi connectivity index (χ3v) is 5.52. The van der Waals surface area contributed by atoms with Gasteiger partial charge in [-0.25, -0.2) is 4.98 Å². The number of nitrogens with zero attached hydrogens (tertiary/aromatic N) is 1. The molecule has 0 saturated heterocycles. The lowest BCUT2D eigenvalue weighted by atomic mass is 9.84. The van der Waals surface area contributed by atoms with Crippen molar-refractivity contribution in [2.24, 2.45) is 11.3 Å². The van der Waals surface area contributed by atoms with Gasteiger partial charge in [0, 0.05) is 28.7 Å². The summed E-state index contributed by atoms with van der Waals surface area (Å²) in [7, 11) is 0. The number of anilines is 3. The van der Waals surface area contributed by atoms with Crippen LogP contribution in [-0.2, 0) is 4.79 Å². The molecule has 2 aromatic carbocycles. The largest absolute Gasteiger partial charge is 0.332 e. The lowest BCUT2D eigenvalue weighted by molar-refractivity contribution is -0.117. The summed E-state index contributed by atoms with van der Waals surface area (Å²) >= 11 is 1.58. The van der Waals surface area contributed by atoms with E-state index in [1.807, 2.05) is 29.6 Å². The van der Waals surface area contributed by atoms with Crippen LogP contribution in [0.25, 0.3) is 11.3 Å². The fourth-order valence-electron chi connectivity index (χ4n) is 3.59. The van der Waals surface area contributed by atoms with Gasteiger partial charge >= 0.3 is 0 Å². The van der Waals surface area contributed by atoms with Crippen LogP contribution in [0, 0.1) is 18.3 Å². The van der Waals surface area contributed by atoms with Gasteiger partial charge in [-0.2, -0.15) is 0 Å². The highest BCUT2D eigenvalue weighted by Gasteiger charge is 2.17. The van der Waals surface area contributed by atoms with Crippen molar-refractivity contribution in [3.05, 3.63) is 59.5 Å². The summed E-state index contributed by atoms with van der Waals surface area (Å²) < 4.78 is 0. The first kappa shape index (κ1) is 22.0. The van der Waals surface area contributed by atoms with E-state index < -0.39 is 0 Å². The molecule has 0 fully saturated rings. The lowest BCUT2D eigenvalue weighted by Gasteiger charge is -2.22. The van der Waals surface area contributed by atoms with Crippen molar-refractivity contribution in [3.8, 4) is 11.3 Å². The van der Waals surface area contributed by atoms with E-state index in [-0.39, 0.29) is 11.3 Å². The Bertz CT molecular complexity index is 969. The maximum Gasteiger partial charge on any atom is 0.224 e. The third-order valence-electron chi connectivity index (χ3n) is 4.77. The fraction of sp³-hybridized carbons (Fsp3) is 0.360. The van der Waals surface area contributed by atoms with Crippen LogP contribution < -0.4 is 10.6 Å². The summed E-state index contributed by atoms with van der Waals surface area (Å²) in [6, 6.07) is 16.1. The van der Waals surface area contributed by atoms with Gasteiger partial charge in [-0.15, -0.1) is 11.3 Å². The minimum Gasteiger partial charge on any atom is -0.332 e. The molecule has 30 heavy (non-hydrogen) atoms. The molecule has 1 heterocycles. The highest BCUT2D eigenvalue weighted by Crippen LogP contribution is 2.29. The maximum atomic E-state index is 12.3. The number of aryl methyl sites for hydroxylation is 1. The van der Waals surface area contributed by atoms with Crippen molar-refractivity contribution in [3.63, 3.8) is 0 Å². The summed E-state index contributed by atoms with van der Waals surface area (Å²) in [6.07, 6.45) is 1.57. The Hall–Kier alpha value is -2.66. The molecule has 1 amide bonds. The summed E-state index contributed by atoms with van der Waals surface area (Å²) in [4.78, 5) is 17.0. The average Bonchev–Trinajstić information content (AvgIpc) is 3.11. The molecule has 1 aromatic heterocycles. The van der Waals surface area contributed by atoms with Gasteiger partial charge in [-0.05, 0) is 48.9 Å². The van der Waals surface area contributed by atoms with Crippen LogP contribution in [0.4, 0.5) is 16.5 Å². The summed E-state index contributed by atoms with van der Waals surface area (Å²) in [5, 5.41) is 9.25. The van der Waals surface area contributed by atoms with E-state index >= 15 is 0 Å². The molecule has 0 bridgehead atoms. The number of aromatic nitrogens is 1. The highest BCUT2D eigenvalue weighted by molar-refractivity contribution is 7.14. The number of carbonyl (C=O) groups is 1. The molecule has 0 spiro atoms. The van der Waals surface area contributed by atoms with Gasteiger partial charge in [-0.3, -0.25) is 4.79 Å². The standard InChI is InChI=1S/C25H31N3OS/c1-17-6-10-21(11-7-17)27-24-28-22(16-30-24)19-8-12-20(13-9-19)26-23(29)14-18(2)15-25(3,4)5/h6-13,16,18H,14-15H2,1-5H3,(H,26,29)(H,27,28). The number of nitrogens with one attached hydrogen (secondary N) is 2. The predicted molar refractivity (Wildman–Crippen MR) is 128 cm³/mol. The van der Waals surface area contributed by atoms with Crippen LogP contribution in [0.5, 0.6) is 0 Å². The van der Waals surface area contributed by atoms with Gasteiger partial charge in [0.15, 0.2) is 5.13 Å². The zero-order chi connectivity index (χ0) is 21.7. The highest BCUT2D eigenvalue weighted by atomic mass is 32.1. The molecular weight excluding hydrogens is 390 g/mol. The van der Waals surface area contributed by atoms with Crippen LogP contribution >= 0.6 is 11.3 Å². The van der Waals surface area contributed by atoms with Crippen molar-refractivity contribution in [2.45, 2.75) is 47.5 Å². The van der Waals surface area contributed by atoms with Crippen molar-refractivity contribution in [2.75, 3.05) is 10.6 Å². The summed E-state index contributed by atoms with van der Waals surface area (Å²) in [5.74, 6) is 0.427. The Kier molecular flexibility index (Phi) is 6.93. The zero-order valence-electron chi connectivity index (χ0n) is 18.5. The molecular formula is C25H31N3OS. The third kappa shape index (κ3) is 6.70. The second-order valence-corrected chi connectivity index (χ2v) is 10.1. The Morgan fingerprint density at radius 3 is 2.30 bits per heavy atom. The van der Waals surface area contributed by atoms with Crippen LogP contribution in [-0.4, -0.2) is 10.9 Å². The second kappa shape index (κ2) is 9.43. The van der Waals surface area contributed by atoms with Crippen molar-refractivity contribution >= 4 is 33.8 Å². The zero-order valence-corrected chi connectivity index (χ0v) is 19.3. The van der Waals surface area contributed by atoms with Gasteiger partial charge in [0.25, 0.3) is 0 Å². The molecule has 0 saturated carbocycles. The molecule has 158 valence electrons. The number of carbonyl (C=O) groups excluding carboxylic acids is 1. The smallest absolute Gasteiger partial charge is 0.224 e. The molecule has 0 radical (unpaired) electrons. The number of benzene rings is 2. The van der Waals surface area contributed by atoms with Gasteiger partial charge < -0.3 is 10.6 Å². The minimum absolute atomic E-state index is 0.0674. The Morgan fingerprint density at radius 1 is 1.03 bits per heavy atom. The number of hydrogen-bond acceptors (Lipinski definition) is 4. The molecule has 3 rings (SSSR count). The predicted octanol–water partition coefficient (Wildman–Crippen LogP) is 7.26. The first-order valence-corrected chi connectivity index (χ1v) is 11.3. The number of thiazole rings is 1. The fourth-order valence-corrected chi connectivity index (χ4v) is 4.33. The van der Waals surface area contributed by atoms with E-state index in [9.17, 15) is 4.79 Å². The van der Waals surface area contributed by atoms with Crippen molar-refractivity contribution in [1.29, 1.82) is 0 Å². The molecule has 0 aliphatic carbocycles. The first-order valence-electron chi connectivity index (χ1n) is 10.4. The molecule has 0 aliphatic rings. The lowest BCUT2D eigenvalue weighted by Crippen LogP contribution is -2.18. The number of rotatable bonds is 7. The normalized spacial score (nSPS) is 12.4. The quantitative estimate of drug-likeness (QED) is 0.422. The van der Waals surface area contributed by atoms with Gasteiger partial charge in [0.05, 0.1) is 5.69 Å². The summed E-state index contributed by atoms with van der Waals surface area (Å²) in [5.41, 5.74) is 5.27. The van der Waals surface area contributed by atoms with Gasteiger partial charge in [0.1, 0.15) is 0 Å². The van der Waals surface area contributed by atoms with Crippen LogP contribution in [0.15, 0.2) is 53.9 Å². The van der Waals surface area contributed by atoms with E-state index in [1.54, 1.807) is 11.3 Å².